The van der Waals surface area contributed by atoms with Gasteiger partial charge in [-0.2, -0.15) is 13.2 Å². The Morgan fingerprint density at radius 3 is 2.31 bits per heavy atom. The lowest BCUT2D eigenvalue weighted by atomic mass is 9.50. The summed E-state index contributed by atoms with van der Waals surface area (Å²) in [6, 6.07) is 4.51. The van der Waals surface area contributed by atoms with Gasteiger partial charge in [-0.1, -0.05) is 17.4 Å². The summed E-state index contributed by atoms with van der Waals surface area (Å²) in [4.78, 5) is 14.1. The van der Waals surface area contributed by atoms with E-state index in [0.29, 0.717) is 5.13 Å². The van der Waals surface area contributed by atoms with Crippen molar-refractivity contribution in [2.45, 2.75) is 50.1 Å². The number of anilines is 1. The Morgan fingerprint density at radius 2 is 1.72 bits per heavy atom. The zero-order valence-corrected chi connectivity index (χ0v) is 16.9. The molecule has 1 aromatic heterocycles. The molecule has 0 spiro atoms. The number of hydrogen-bond donors (Lipinski definition) is 0. The monoisotopic (exact) mass is 421 g/mol. The van der Waals surface area contributed by atoms with Crippen LogP contribution in [0.5, 0.6) is 0 Å². The zero-order valence-electron chi connectivity index (χ0n) is 16.1. The van der Waals surface area contributed by atoms with E-state index in [-0.39, 0.29) is 11.0 Å². The van der Waals surface area contributed by atoms with Crippen molar-refractivity contribution < 1.29 is 18.0 Å². The van der Waals surface area contributed by atoms with Crippen LogP contribution in [-0.2, 0) is 11.6 Å². The fraction of sp³-hybridized carbons (Fsp3) is 0.571. The van der Waals surface area contributed by atoms with Gasteiger partial charge in [0.1, 0.15) is 5.01 Å². The number of rotatable bonds is 3. The molecule has 8 heteroatoms. The highest BCUT2D eigenvalue weighted by Crippen LogP contribution is 2.61. The van der Waals surface area contributed by atoms with Crippen molar-refractivity contribution in [3.8, 4) is 0 Å². The predicted molar refractivity (Wildman–Crippen MR) is 104 cm³/mol. The van der Waals surface area contributed by atoms with Crippen LogP contribution < -0.4 is 4.90 Å². The van der Waals surface area contributed by atoms with E-state index < -0.39 is 17.6 Å². The van der Waals surface area contributed by atoms with Crippen LogP contribution in [-0.4, -0.2) is 23.2 Å². The number of carbonyl (C=O) groups is 1. The van der Waals surface area contributed by atoms with Crippen LogP contribution in [0.15, 0.2) is 24.3 Å². The average Bonchev–Trinajstić information content (AvgIpc) is 3.16. The van der Waals surface area contributed by atoms with Gasteiger partial charge in [-0.05, 0) is 74.5 Å². The van der Waals surface area contributed by atoms with Gasteiger partial charge in [-0.15, -0.1) is 10.2 Å². The molecule has 1 aromatic carbocycles. The molecule has 1 amide bonds. The molecule has 4 bridgehead atoms. The Balaban J connectivity index is 1.39. The maximum Gasteiger partial charge on any atom is 0.416 e. The molecule has 0 unspecified atom stereocenters. The third-order valence-corrected chi connectivity index (χ3v) is 8.18. The molecule has 0 atom stereocenters. The van der Waals surface area contributed by atoms with Crippen LogP contribution in [0.1, 0.15) is 59.5 Å². The minimum atomic E-state index is -4.48. The lowest BCUT2D eigenvalue weighted by Crippen LogP contribution is -2.48. The molecule has 0 N–H and O–H groups in total. The molecule has 0 aliphatic heterocycles. The summed E-state index contributed by atoms with van der Waals surface area (Å²) in [6.07, 6.45) is 2.97. The molecule has 4 nitrogen and oxygen atoms in total. The lowest BCUT2D eigenvalue weighted by Gasteiger charge is -2.55. The van der Waals surface area contributed by atoms with E-state index in [1.165, 1.54) is 47.6 Å². The van der Waals surface area contributed by atoms with Gasteiger partial charge in [0.2, 0.25) is 5.13 Å². The van der Waals surface area contributed by atoms with Crippen molar-refractivity contribution in [1.82, 2.24) is 10.2 Å². The molecule has 29 heavy (non-hydrogen) atoms. The molecular weight excluding hydrogens is 399 g/mol. The number of nitrogens with zero attached hydrogens (tertiary/aromatic N) is 3. The van der Waals surface area contributed by atoms with Crippen molar-refractivity contribution in [3.05, 3.63) is 40.4 Å². The number of alkyl halides is 3. The topological polar surface area (TPSA) is 46.1 Å². The maximum atomic E-state index is 13.0. The smallest absolute Gasteiger partial charge is 0.286 e. The summed E-state index contributed by atoms with van der Waals surface area (Å²) < 4.78 is 38.9. The number of halogens is 3. The van der Waals surface area contributed by atoms with Gasteiger partial charge in [0.25, 0.3) is 5.91 Å². The van der Waals surface area contributed by atoms with Gasteiger partial charge >= 0.3 is 6.18 Å². The number of benzene rings is 1. The third kappa shape index (κ3) is 3.25. The van der Waals surface area contributed by atoms with Crippen LogP contribution in [0.3, 0.4) is 0 Å². The van der Waals surface area contributed by atoms with E-state index in [2.05, 4.69) is 10.2 Å². The molecule has 4 saturated carbocycles. The largest absolute Gasteiger partial charge is 0.416 e. The highest BCUT2D eigenvalue weighted by molar-refractivity contribution is 7.15. The first kappa shape index (κ1) is 19.0. The van der Waals surface area contributed by atoms with Crippen molar-refractivity contribution in [2.75, 3.05) is 11.9 Å². The molecule has 4 fully saturated rings. The van der Waals surface area contributed by atoms with E-state index in [1.54, 1.807) is 7.05 Å². The van der Waals surface area contributed by atoms with E-state index in [0.717, 1.165) is 54.2 Å². The molecule has 0 radical (unpaired) electrons. The van der Waals surface area contributed by atoms with Gasteiger partial charge in [0, 0.05) is 18.0 Å². The number of hydrogen-bond acceptors (Lipinski definition) is 4. The standard InChI is InChI=1S/C21H22F3N3OS/c1-27(17(28)15-3-2-4-16(8-15)21(22,23)24)19-26-25-18(29-19)20-9-12-5-13(10-20)7-14(6-12)11-20/h2-4,8,12-14H,5-7,9-11H2,1H3. The van der Waals surface area contributed by atoms with Gasteiger partial charge < -0.3 is 0 Å². The maximum absolute atomic E-state index is 13.0. The second kappa shape index (κ2) is 6.52. The van der Waals surface area contributed by atoms with E-state index in [9.17, 15) is 18.0 Å². The van der Waals surface area contributed by atoms with Crippen molar-refractivity contribution in [1.29, 1.82) is 0 Å². The second-order valence-electron chi connectivity index (χ2n) is 9.03. The first-order valence-corrected chi connectivity index (χ1v) is 10.8. The first-order chi connectivity index (χ1) is 13.7. The molecule has 1 heterocycles. The Labute approximate surface area is 171 Å². The van der Waals surface area contributed by atoms with E-state index in [4.69, 9.17) is 0 Å². The summed E-state index contributed by atoms with van der Waals surface area (Å²) >= 11 is 1.42. The summed E-state index contributed by atoms with van der Waals surface area (Å²) in [5, 5.41) is 10.1. The molecular formula is C21H22F3N3OS. The fourth-order valence-electron chi connectivity index (χ4n) is 6.05. The number of aromatic nitrogens is 2. The summed E-state index contributed by atoms with van der Waals surface area (Å²) in [6.45, 7) is 0. The van der Waals surface area contributed by atoms with Gasteiger partial charge in [0.15, 0.2) is 0 Å². The lowest BCUT2D eigenvalue weighted by molar-refractivity contribution is -0.137. The van der Waals surface area contributed by atoms with Crippen LogP contribution in [0.25, 0.3) is 0 Å². The Morgan fingerprint density at radius 1 is 1.10 bits per heavy atom. The van der Waals surface area contributed by atoms with E-state index >= 15 is 0 Å². The van der Waals surface area contributed by atoms with Crippen LogP contribution >= 0.6 is 11.3 Å². The molecule has 2 aromatic rings. The third-order valence-electron chi connectivity index (χ3n) is 6.93. The molecule has 0 saturated heterocycles. The van der Waals surface area contributed by atoms with Crippen LogP contribution in [0.2, 0.25) is 0 Å². The van der Waals surface area contributed by atoms with Crippen molar-refractivity contribution in [2.24, 2.45) is 17.8 Å². The minimum Gasteiger partial charge on any atom is -0.286 e. The summed E-state index contributed by atoms with van der Waals surface area (Å²) in [7, 11) is 1.55. The fourth-order valence-corrected chi connectivity index (χ4v) is 7.07. The Bertz CT molecular complexity index is 919. The first-order valence-electron chi connectivity index (χ1n) is 10.0. The Kier molecular flexibility index (Phi) is 4.28. The molecule has 4 aliphatic carbocycles. The van der Waals surface area contributed by atoms with E-state index in [1.807, 2.05) is 0 Å². The SMILES string of the molecule is CN(C(=O)c1cccc(C(F)(F)F)c1)c1nnc(C23CC4CC(CC(C4)C2)C3)s1. The minimum absolute atomic E-state index is 0.00567. The van der Waals surface area contributed by atoms with Crippen LogP contribution in [0.4, 0.5) is 18.3 Å². The average molecular weight is 421 g/mol. The van der Waals surface area contributed by atoms with Gasteiger partial charge in [-0.3, -0.25) is 9.69 Å². The number of carbonyl (C=O) groups excluding carboxylic acids is 1. The molecule has 4 aliphatic rings. The zero-order chi connectivity index (χ0) is 20.4. The highest BCUT2D eigenvalue weighted by atomic mass is 32.1. The number of amides is 1. The second-order valence-corrected chi connectivity index (χ2v) is 9.99. The predicted octanol–water partition coefficient (Wildman–Crippen LogP) is 5.30. The highest BCUT2D eigenvalue weighted by Gasteiger charge is 2.53. The van der Waals surface area contributed by atoms with Gasteiger partial charge in [-0.25, -0.2) is 0 Å². The van der Waals surface area contributed by atoms with Crippen LogP contribution in [0, 0.1) is 17.8 Å². The Hall–Kier alpha value is -1.96. The van der Waals surface area contributed by atoms with Crippen molar-refractivity contribution >= 4 is 22.4 Å². The molecule has 154 valence electrons. The summed E-state index contributed by atoms with van der Waals surface area (Å²) in [5.41, 5.74) is -0.748. The molecule has 6 rings (SSSR count). The normalized spacial score (nSPS) is 30.6. The summed E-state index contributed by atoms with van der Waals surface area (Å²) in [5.74, 6) is 1.82. The van der Waals surface area contributed by atoms with Crippen molar-refractivity contribution in [3.63, 3.8) is 0 Å². The quantitative estimate of drug-likeness (QED) is 0.676. The van der Waals surface area contributed by atoms with Gasteiger partial charge in [0.05, 0.1) is 5.56 Å².